The number of nitrogens with zero attached hydrogens (tertiary/aromatic N) is 9. The molecule has 0 N–H and O–H groups in total. The number of ether oxygens (including phenoxy) is 1. The Kier molecular flexibility index (Phi) is 4.32. The quantitative estimate of drug-likeness (QED) is 0.482. The Hall–Kier alpha value is -3.18. The van der Waals surface area contributed by atoms with Crippen LogP contribution in [0.2, 0.25) is 0 Å². The SMILES string of the molecule is CC[C@@H]1c2nncn2-c2cnc(-c3cnn(C)c3-c3nccs3)nc2N1C1CCOC1. The van der Waals surface area contributed by atoms with Crippen molar-refractivity contribution in [2.75, 3.05) is 18.1 Å². The number of thiazole rings is 1. The average Bonchev–Trinajstić information content (AvgIpc) is 3.59. The Labute approximate surface area is 182 Å². The number of hydrogen-bond donors (Lipinski definition) is 0. The van der Waals surface area contributed by atoms with E-state index >= 15 is 0 Å². The third-order valence-electron chi connectivity index (χ3n) is 5.96. The summed E-state index contributed by atoms with van der Waals surface area (Å²) < 4.78 is 9.56. The number of fused-ring (bicyclic) bond motifs is 3. The maximum atomic E-state index is 5.73. The number of hydrogen-bond acceptors (Lipinski definition) is 9. The van der Waals surface area contributed by atoms with Gasteiger partial charge in [0, 0.05) is 25.2 Å². The van der Waals surface area contributed by atoms with E-state index in [2.05, 4.69) is 32.1 Å². The van der Waals surface area contributed by atoms with E-state index in [4.69, 9.17) is 14.7 Å². The first-order valence-corrected chi connectivity index (χ1v) is 11.2. The summed E-state index contributed by atoms with van der Waals surface area (Å²) in [4.78, 5) is 16.6. The highest BCUT2D eigenvalue weighted by Gasteiger charge is 2.39. The largest absolute Gasteiger partial charge is 0.379 e. The fraction of sp³-hybridized carbons (Fsp3) is 0.400. The van der Waals surface area contributed by atoms with Crippen molar-refractivity contribution in [2.24, 2.45) is 7.05 Å². The van der Waals surface area contributed by atoms with E-state index in [1.807, 2.05) is 34.1 Å². The molecular formula is C20H21N9OS. The minimum atomic E-state index is 0.0804. The monoisotopic (exact) mass is 435 g/mol. The van der Waals surface area contributed by atoms with Crippen LogP contribution in [-0.4, -0.2) is 58.8 Å². The summed E-state index contributed by atoms with van der Waals surface area (Å²) in [5.41, 5.74) is 2.67. The van der Waals surface area contributed by atoms with Gasteiger partial charge in [-0.15, -0.1) is 21.5 Å². The summed E-state index contributed by atoms with van der Waals surface area (Å²) in [6, 6.07) is 0.320. The Morgan fingerprint density at radius 1 is 1.26 bits per heavy atom. The molecule has 11 heteroatoms. The molecule has 2 aliphatic rings. The van der Waals surface area contributed by atoms with E-state index in [9.17, 15) is 0 Å². The molecular weight excluding hydrogens is 414 g/mol. The van der Waals surface area contributed by atoms with Gasteiger partial charge in [-0.25, -0.2) is 15.0 Å². The third-order valence-corrected chi connectivity index (χ3v) is 6.74. The van der Waals surface area contributed by atoms with Crippen LogP contribution in [0.5, 0.6) is 0 Å². The predicted octanol–water partition coefficient (Wildman–Crippen LogP) is 2.64. The van der Waals surface area contributed by atoms with Crippen molar-refractivity contribution in [1.29, 1.82) is 0 Å². The fourth-order valence-corrected chi connectivity index (χ4v) is 5.25. The zero-order chi connectivity index (χ0) is 20.9. The van der Waals surface area contributed by atoms with Gasteiger partial charge in [-0.1, -0.05) is 6.92 Å². The minimum Gasteiger partial charge on any atom is -0.379 e. The number of aromatic nitrogens is 8. The fourth-order valence-electron chi connectivity index (χ4n) is 4.53. The number of anilines is 1. The Morgan fingerprint density at radius 3 is 2.97 bits per heavy atom. The molecule has 1 saturated heterocycles. The van der Waals surface area contributed by atoms with Crippen molar-refractivity contribution in [3.8, 4) is 27.8 Å². The van der Waals surface area contributed by atoms with Gasteiger partial charge in [0.15, 0.2) is 17.5 Å². The highest BCUT2D eigenvalue weighted by Crippen LogP contribution is 2.42. The molecule has 31 heavy (non-hydrogen) atoms. The van der Waals surface area contributed by atoms with Crippen molar-refractivity contribution in [3.05, 3.63) is 36.1 Å². The molecule has 6 heterocycles. The minimum absolute atomic E-state index is 0.0804. The molecule has 2 atom stereocenters. The van der Waals surface area contributed by atoms with Crippen molar-refractivity contribution in [2.45, 2.75) is 31.8 Å². The number of aryl methyl sites for hydroxylation is 1. The molecule has 0 bridgehead atoms. The molecule has 1 unspecified atom stereocenters. The van der Waals surface area contributed by atoms with Crippen LogP contribution in [0.3, 0.4) is 0 Å². The predicted molar refractivity (Wildman–Crippen MR) is 115 cm³/mol. The van der Waals surface area contributed by atoms with E-state index in [1.54, 1.807) is 23.9 Å². The highest BCUT2D eigenvalue weighted by molar-refractivity contribution is 7.13. The molecule has 158 valence electrons. The van der Waals surface area contributed by atoms with Gasteiger partial charge in [-0.3, -0.25) is 9.25 Å². The van der Waals surface area contributed by atoms with Gasteiger partial charge >= 0.3 is 0 Å². The summed E-state index contributed by atoms with van der Waals surface area (Å²) in [5.74, 6) is 2.43. The second-order valence-electron chi connectivity index (χ2n) is 7.68. The third kappa shape index (κ3) is 2.80. The lowest BCUT2D eigenvalue weighted by Crippen LogP contribution is -2.43. The summed E-state index contributed by atoms with van der Waals surface area (Å²) in [5, 5.41) is 15.9. The zero-order valence-electron chi connectivity index (χ0n) is 17.2. The lowest BCUT2D eigenvalue weighted by atomic mass is 10.0. The second-order valence-corrected chi connectivity index (χ2v) is 8.57. The maximum absolute atomic E-state index is 5.73. The normalized spacial score (nSPS) is 20.1. The first kappa shape index (κ1) is 18.6. The molecule has 0 aliphatic carbocycles. The van der Waals surface area contributed by atoms with E-state index in [0.29, 0.717) is 12.4 Å². The summed E-state index contributed by atoms with van der Waals surface area (Å²) in [7, 11) is 1.91. The summed E-state index contributed by atoms with van der Waals surface area (Å²) in [6.07, 6.45) is 9.06. The summed E-state index contributed by atoms with van der Waals surface area (Å²) in [6.45, 7) is 3.61. The number of rotatable bonds is 4. The van der Waals surface area contributed by atoms with Crippen LogP contribution in [0.1, 0.15) is 31.6 Å². The maximum Gasteiger partial charge on any atom is 0.165 e. The average molecular weight is 436 g/mol. The lowest BCUT2D eigenvalue weighted by Gasteiger charge is -2.40. The van der Waals surface area contributed by atoms with Gasteiger partial charge in [-0.2, -0.15) is 5.10 Å². The smallest absolute Gasteiger partial charge is 0.165 e. The first-order chi connectivity index (χ1) is 15.3. The standard InChI is InChI=1S/C20H21N9OS/c1-3-14-19-26-23-11-28(19)15-9-22-17(25-18(15)29(14)12-4-6-30-10-12)13-8-24-27(2)16(13)20-21-5-7-31-20/h5,7-9,11-12,14H,3-4,6,10H2,1-2H3/t12?,14-/m1/s1. The van der Waals surface area contributed by atoms with Crippen molar-refractivity contribution < 1.29 is 4.74 Å². The van der Waals surface area contributed by atoms with E-state index in [1.165, 1.54) is 0 Å². The molecule has 0 spiro atoms. The van der Waals surface area contributed by atoms with Crippen LogP contribution in [0.4, 0.5) is 5.82 Å². The van der Waals surface area contributed by atoms with E-state index in [0.717, 1.165) is 53.0 Å². The van der Waals surface area contributed by atoms with Crippen LogP contribution >= 0.6 is 11.3 Å². The van der Waals surface area contributed by atoms with Crippen LogP contribution in [0.15, 0.2) is 30.3 Å². The van der Waals surface area contributed by atoms with Crippen LogP contribution in [0.25, 0.3) is 27.8 Å². The van der Waals surface area contributed by atoms with E-state index in [-0.39, 0.29) is 12.1 Å². The van der Waals surface area contributed by atoms with E-state index < -0.39 is 0 Å². The van der Waals surface area contributed by atoms with Crippen LogP contribution in [-0.2, 0) is 11.8 Å². The van der Waals surface area contributed by atoms with Crippen molar-refractivity contribution in [1.82, 2.24) is 39.5 Å². The van der Waals surface area contributed by atoms with Gasteiger partial charge in [0.1, 0.15) is 22.7 Å². The van der Waals surface area contributed by atoms with Crippen LogP contribution in [0, 0.1) is 0 Å². The first-order valence-electron chi connectivity index (χ1n) is 10.3. The zero-order valence-corrected chi connectivity index (χ0v) is 18.0. The molecule has 2 aliphatic heterocycles. The topological polar surface area (TPSA) is 99.7 Å². The molecule has 1 fully saturated rings. The lowest BCUT2D eigenvalue weighted by molar-refractivity contribution is 0.191. The molecule has 6 rings (SSSR count). The van der Waals surface area contributed by atoms with Gasteiger partial charge < -0.3 is 9.64 Å². The highest BCUT2D eigenvalue weighted by atomic mass is 32.1. The van der Waals surface area contributed by atoms with Gasteiger partial charge in [-0.05, 0) is 12.8 Å². The van der Waals surface area contributed by atoms with Crippen LogP contribution < -0.4 is 4.90 Å². The second kappa shape index (κ2) is 7.20. The molecule has 10 nitrogen and oxygen atoms in total. The molecule has 4 aromatic rings. The Balaban J connectivity index is 1.54. The van der Waals surface area contributed by atoms with Crippen molar-refractivity contribution >= 4 is 17.2 Å². The molecule has 0 amide bonds. The van der Waals surface area contributed by atoms with Gasteiger partial charge in [0.2, 0.25) is 0 Å². The van der Waals surface area contributed by atoms with Gasteiger partial charge in [0.05, 0.1) is 36.6 Å². The summed E-state index contributed by atoms with van der Waals surface area (Å²) >= 11 is 1.57. The molecule has 0 aromatic carbocycles. The Bertz CT molecular complexity index is 1230. The molecule has 4 aromatic heterocycles. The molecule has 0 saturated carbocycles. The Morgan fingerprint density at radius 2 is 2.19 bits per heavy atom. The molecule has 0 radical (unpaired) electrons. The van der Waals surface area contributed by atoms with Gasteiger partial charge in [0.25, 0.3) is 0 Å². The van der Waals surface area contributed by atoms with Crippen molar-refractivity contribution in [3.63, 3.8) is 0 Å².